The third kappa shape index (κ3) is 9.08. The lowest BCUT2D eigenvalue weighted by Gasteiger charge is -2.22. The van der Waals surface area contributed by atoms with Gasteiger partial charge in [0.05, 0.1) is 17.4 Å². The van der Waals surface area contributed by atoms with Gasteiger partial charge in [0.1, 0.15) is 22.7 Å². The molecule has 0 atom stereocenters. The summed E-state index contributed by atoms with van der Waals surface area (Å²) in [6.45, 7) is 8.13. The molecule has 0 spiro atoms. The van der Waals surface area contributed by atoms with Crippen LogP contribution >= 0.6 is 0 Å². The lowest BCUT2D eigenvalue weighted by Crippen LogP contribution is -2.28. The number of amides is 1. The fourth-order valence-electron chi connectivity index (χ4n) is 4.96. The van der Waals surface area contributed by atoms with Gasteiger partial charge in [-0.15, -0.1) is 0 Å². The summed E-state index contributed by atoms with van der Waals surface area (Å²) < 4.78 is 17.5. The molecule has 1 amide bonds. The van der Waals surface area contributed by atoms with Gasteiger partial charge in [-0.3, -0.25) is 9.69 Å². The molecule has 7 nitrogen and oxygen atoms in total. The molecule has 0 aliphatic rings. The van der Waals surface area contributed by atoms with Gasteiger partial charge in [0.25, 0.3) is 0 Å². The van der Waals surface area contributed by atoms with Crippen LogP contribution in [-0.4, -0.2) is 37.2 Å². The fraction of sp³-hybridized carbons (Fsp3) is 0.412. The summed E-state index contributed by atoms with van der Waals surface area (Å²) >= 11 is 0. The predicted molar refractivity (Wildman–Crippen MR) is 165 cm³/mol. The van der Waals surface area contributed by atoms with E-state index in [9.17, 15) is 9.59 Å². The number of unbranched alkanes of at least 4 members (excludes halogenated alkanes) is 4. The van der Waals surface area contributed by atoms with Crippen LogP contribution in [0, 0.1) is 0 Å². The molecule has 7 heteroatoms. The number of fused-ring (bicyclic) bond motifs is 2. The molecule has 0 fully saturated rings. The van der Waals surface area contributed by atoms with Crippen LogP contribution in [-0.2, 0) is 6.54 Å². The standard InChI is InChI=1S/C34H42N2O5/c1-3-5-6-7-10-19-35-34(38)40-28-14-11-13-26(23-28)25-36(20-4-2)21-12-22-39-27-17-18-30-32(24-27)41-31-16-9-8-15-29(31)33(30)37/h8-9,11,13-18,23-24H,3-7,10,12,19-22,25H2,1-2H3,(H,35,38). The molecule has 41 heavy (non-hydrogen) atoms. The van der Waals surface area contributed by atoms with E-state index in [1.54, 1.807) is 24.3 Å². The number of ether oxygens (including phenoxy) is 2. The second-order valence-electron chi connectivity index (χ2n) is 10.4. The van der Waals surface area contributed by atoms with E-state index < -0.39 is 6.09 Å². The van der Waals surface area contributed by atoms with Gasteiger partial charge in [0.15, 0.2) is 0 Å². The Labute approximate surface area is 242 Å². The first-order valence-electron chi connectivity index (χ1n) is 14.9. The van der Waals surface area contributed by atoms with E-state index in [4.69, 9.17) is 13.9 Å². The minimum absolute atomic E-state index is 0.0310. The third-order valence-corrected chi connectivity index (χ3v) is 7.04. The number of carbonyl (C=O) groups is 1. The van der Waals surface area contributed by atoms with E-state index in [1.807, 2.05) is 36.4 Å². The van der Waals surface area contributed by atoms with Crippen molar-refractivity contribution in [3.05, 3.63) is 82.5 Å². The van der Waals surface area contributed by atoms with E-state index in [-0.39, 0.29) is 5.43 Å². The zero-order valence-corrected chi connectivity index (χ0v) is 24.3. The summed E-state index contributed by atoms with van der Waals surface area (Å²) in [7, 11) is 0. The van der Waals surface area contributed by atoms with Crippen molar-refractivity contribution in [2.75, 3.05) is 26.2 Å². The lowest BCUT2D eigenvalue weighted by molar-refractivity contribution is 0.200. The normalized spacial score (nSPS) is 11.3. The highest BCUT2D eigenvalue weighted by Gasteiger charge is 2.10. The minimum Gasteiger partial charge on any atom is -0.493 e. The Morgan fingerprint density at radius 1 is 0.805 bits per heavy atom. The van der Waals surface area contributed by atoms with Gasteiger partial charge in [0.2, 0.25) is 5.43 Å². The highest BCUT2D eigenvalue weighted by atomic mass is 16.6. The molecule has 4 aromatic rings. The van der Waals surface area contributed by atoms with E-state index >= 15 is 0 Å². The van der Waals surface area contributed by atoms with Crippen molar-refractivity contribution in [3.8, 4) is 11.5 Å². The molecular weight excluding hydrogens is 516 g/mol. The highest BCUT2D eigenvalue weighted by molar-refractivity contribution is 5.90. The topological polar surface area (TPSA) is 81.0 Å². The molecular formula is C34H42N2O5. The molecule has 1 N–H and O–H groups in total. The molecule has 1 aromatic heterocycles. The Hall–Kier alpha value is -3.84. The zero-order chi connectivity index (χ0) is 28.9. The SMILES string of the molecule is CCCCCCCNC(=O)Oc1cccc(CN(CCC)CCCOc2ccc3c(=O)c4ccccc4oc3c2)c1. The lowest BCUT2D eigenvalue weighted by atomic mass is 10.1. The molecule has 1 heterocycles. The van der Waals surface area contributed by atoms with Crippen LogP contribution in [0.15, 0.2) is 75.9 Å². The molecule has 0 saturated heterocycles. The fourth-order valence-corrected chi connectivity index (χ4v) is 4.96. The van der Waals surface area contributed by atoms with Gasteiger partial charge in [0, 0.05) is 25.7 Å². The van der Waals surface area contributed by atoms with Crippen molar-refractivity contribution in [1.82, 2.24) is 10.2 Å². The summed E-state index contributed by atoms with van der Waals surface area (Å²) in [5.41, 5.74) is 2.17. The van der Waals surface area contributed by atoms with E-state index in [1.165, 1.54) is 19.3 Å². The van der Waals surface area contributed by atoms with Crippen molar-refractivity contribution >= 4 is 28.0 Å². The average Bonchev–Trinajstić information content (AvgIpc) is 2.97. The van der Waals surface area contributed by atoms with E-state index in [0.29, 0.717) is 46.6 Å². The monoisotopic (exact) mass is 558 g/mol. The van der Waals surface area contributed by atoms with Crippen LogP contribution < -0.4 is 20.2 Å². The number of benzene rings is 3. The maximum Gasteiger partial charge on any atom is 0.412 e. The maximum atomic E-state index is 12.8. The Kier molecular flexibility index (Phi) is 11.6. The molecule has 0 bridgehead atoms. The van der Waals surface area contributed by atoms with Crippen LogP contribution in [0.1, 0.15) is 64.4 Å². The summed E-state index contributed by atoms with van der Waals surface area (Å²) in [5, 5.41) is 3.98. The van der Waals surface area contributed by atoms with E-state index in [2.05, 4.69) is 30.1 Å². The average molecular weight is 559 g/mol. The van der Waals surface area contributed by atoms with Gasteiger partial charge in [-0.05, 0) is 67.8 Å². The molecule has 0 aliphatic heterocycles. The van der Waals surface area contributed by atoms with Crippen molar-refractivity contribution < 1.29 is 18.7 Å². The number of nitrogens with zero attached hydrogens (tertiary/aromatic N) is 1. The second-order valence-corrected chi connectivity index (χ2v) is 10.4. The van der Waals surface area contributed by atoms with Gasteiger partial charge in [-0.1, -0.05) is 63.8 Å². The highest BCUT2D eigenvalue weighted by Crippen LogP contribution is 2.23. The van der Waals surface area contributed by atoms with Crippen LogP contribution in [0.4, 0.5) is 4.79 Å². The summed E-state index contributed by atoms with van der Waals surface area (Å²) in [4.78, 5) is 27.3. The van der Waals surface area contributed by atoms with Crippen molar-refractivity contribution in [3.63, 3.8) is 0 Å². The number of para-hydroxylation sites is 1. The smallest absolute Gasteiger partial charge is 0.412 e. The van der Waals surface area contributed by atoms with Gasteiger partial charge < -0.3 is 19.2 Å². The quantitative estimate of drug-likeness (QED) is 0.112. The molecule has 0 aliphatic carbocycles. The number of hydrogen-bond donors (Lipinski definition) is 1. The molecule has 0 radical (unpaired) electrons. The van der Waals surface area contributed by atoms with Gasteiger partial charge >= 0.3 is 6.09 Å². The predicted octanol–water partition coefficient (Wildman–Crippen LogP) is 7.69. The first kappa shape index (κ1) is 30.1. The first-order chi connectivity index (χ1) is 20.1. The van der Waals surface area contributed by atoms with E-state index in [0.717, 1.165) is 50.9 Å². The Bertz CT molecular complexity index is 1460. The van der Waals surface area contributed by atoms with Crippen LogP contribution in [0.2, 0.25) is 0 Å². The van der Waals surface area contributed by atoms with Crippen LogP contribution in [0.3, 0.4) is 0 Å². The Morgan fingerprint density at radius 3 is 2.49 bits per heavy atom. The van der Waals surface area contributed by atoms with Crippen molar-refractivity contribution in [2.45, 2.75) is 65.3 Å². The number of nitrogens with one attached hydrogen (secondary N) is 1. The van der Waals surface area contributed by atoms with Crippen LogP contribution in [0.25, 0.3) is 21.9 Å². The zero-order valence-electron chi connectivity index (χ0n) is 24.3. The number of rotatable bonds is 16. The third-order valence-electron chi connectivity index (χ3n) is 7.04. The van der Waals surface area contributed by atoms with Crippen molar-refractivity contribution in [1.29, 1.82) is 0 Å². The first-order valence-corrected chi connectivity index (χ1v) is 14.9. The summed E-state index contributed by atoms with van der Waals surface area (Å²) in [5.74, 6) is 1.24. The second kappa shape index (κ2) is 15.8. The van der Waals surface area contributed by atoms with Crippen molar-refractivity contribution in [2.24, 2.45) is 0 Å². The molecule has 3 aromatic carbocycles. The summed E-state index contributed by atoms with van der Waals surface area (Å²) in [6.07, 6.45) is 7.23. The number of hydrogen-bond acceptors (Lipinski definition) is 6. The maximum absolute atomic E-state index is 12.8. The van der Waals surface area contributed by atoms with Crippen LogP contribution in [0.5, 0.6) is 11.5 Å². The number of carbonyl (C=O) groups excluding carboxylic acids is 1. The Morgan fingerprint density at radius 2 is 1.63 bits per heavy atom. The molecule has 0 saturated carbocycles. The molecule has 218 valence electrons. The van der Waals surface area contributed by atoms with Gasteiger partial charge in [-0.25, -0.2) is 4.79 Å². The summed E-state index contributed by atoms with van der Waals surface area (Å²) in [6, 6.07) is 20.4. The molecule has 4 rings (SSSR count). The van der Waals surface area contributed by atoms with Gasteiger partial charge in [-0.2, -0.15) is 0 Å². The Balaban J connectivity index is 1.25. The minimum atomic E-state index is -0.402. The molecule has 0 unspecified atom stereocenters. The largest absolute Gasteiger partial charge is 0.493 e.